The molecule has 0 saturated carbocycles. The Labute approximate surface area is 233 Å². The first-order valence-corrected chi connectivity index (χ1v) is 14.7. The first-order chi connectivity index (χ1) is 18.4. The third-order valence-electron chi connectivity index (χ3n) is 7.55. The summed E-state index contributed by atoms with van der Waals surface area (Å²) in [5.74, 6) is 0.920. The Morgan fingerprint density at radius 2 is 1.92 bits per heavy atom. The van der Waals surface area contributed by atoms with Crippen molar-refractivity contribution < 1.29 is 4.79 Å². The van der Waals surface area contributed by atoms with Crippen LogP contribution in [-0.2, 0) is 17.8 Å². The molecule has 38 heavy (non-hydrogen) atoms. The van der Waals surface area contributed by atoms with E-state index < -0.39 is 0 Å². The normalized spacial score (nSPS) is 17.5. The van der Waals surface area contributed by atoms with E-state index in [4.69, 9.17) is 17.2 Å². The Kier molecular flexibility index (Phi) is 8.00. The summed E-state index contributed by atoms with van der Waals surface area (Å²) in [5, 5.41) is 0. The van der Waals surface area contributed by atoms with E-state index in [1.807, 2.05) is 31.3 Å². The van der Waals surface area contributed by atoms with Gasteiger partial charge in [0.15, 0.2) is 0 Å². The predicted molar refractivity (Wildman–Crippen MR) is 161 cm³/mol. The van der Waals surface area contributed by atoms with Crippen LogP contribution < -0.4 is 10.5 Å². The van der Waals surface area contributed by atoms with Crippen molar-refractivity contribution >= 4 is 51.7 Å². The molecule has 0 radical (unpaired) electrons. The van der Waals surface area contributed by atoms with Crippen LogP contribution >= 0.6 is 24.0 Å². The van der Waals surface area contributed by atoms with Crippen molar-refractivity contribution in [2.75, 3.05) is 18.0 Å². The fourth-order valence-electron chi connectivity index (χ4n) is 5.25. The van der Waals surface area contributed by atoms with E-state index in [0.29, 0.717) is 45.3 Å². The van der Waals surface area contributed by atoms with Crippen molar-refractivity contribution in [3.05, 3.63) is 80.1 Å². The van der Waals surface area contributed by atoms with Gasteiger partial charge in [-0.15, -0.1) is 0 Å². The van der Waals surface area contributed by atoms with Crippen LogP contribution in [0.1, 0.15) is 61.8 Å². The topological polar surface area (TPSA) is 57.9 Å². The van der Waals surface area contributed by atoms with Gasteiger partial charge in [0.1, 0.15) is 15.8 Å². The number of amides is 1. The molecule has 1 unspecified atom stereocenters. The van der Waals surface area contributed by atoms with Crippen LogP contribution in [0.15, 0.2) is 52.3 Å². The van der Waals surface area contributed by atoms with Crippen molar-refractivity contribution in [3.63, 3.8) is 0 Å². The highest BCUT2D eigenvalue weighted by Gasteiger charge is 2.34. The Morgan fingerprint density at radius 3 is 2.68 bits per heavy atom. The maximum atomic E-state index is 13.9. The summed E-state index contributed by atoms with van der Waals surface area (Å²) in [6, 6.07) is 12.2. The summed E-state index contributed by atoms with van der Waals surface area (Å²) in [5.41, 5.74) is 4.39. The highest BCUT2D eigenvalue weighted by molar-refractivity contribution is 8.26. The fourth-order valence-corrected chi connectivity index (χ4v) is 6.51. The van der Waals surface area contributed by atoms with E-state index in [9.17, 15) is 9.59 Å². The lowest BCUT2D eigenvalue weighted by Crippen LogP contribution is -2.34. The Balaban J connectivity index is 1.55. The molecule has 2 aliphatic heterocycles. The number of aryl methyl sites for hydroxylation is 1. The molecule has 2 aliphatic rings. The number of thiocarbonyl (C=S) groups is 1. The third kappa shape index (κ3) is 5.29. The largest absolute Gasteiger partial charge is 0.351 e. The van der Waals surface area contributed by atoms with Gasteiger partial charge in [0.05, 0.1) is 10.5 Å². The van der Waals surface area contributed by atoms with E-state index in [-0.39, 0.29) is 11.5 Å². The van der Waals surface area contributed by atoms with Crippen LogP contribution in [-0.4, -0.2) is 37.6 Å². The van der Waals surface area contributed by atoms with Crippen LogP contribution in [0.4, 0.5) is 5.82 Å². The number of aromatic nitrogens is 2. The van der Waals surface area contributed by atoms with Gasteiger partial charge in [-0.3, -0.25) is 18.9 Å². The van der Waals surface area contributed by atoms with E-state index in [1.54, 1.807) is 15.4 Å². The number of hydrogen-bond donors (Lipinski definition) is 0. The number of hydrogen-bond acceptors (Lipinski definition) is 6. The zero-order chi connectivity index (χ0) is 26.8. The lowest BCUT2D eigenvalue weighted by atomic mass is 9.99. The Hall–Kier alpha value is -2.97. The lowest BCUT2D eigenvalue weighted by molar-refractivity contribution is -0.122. The third-order valence-corrected chi connectivity index (χ3v) is 8.93. The highest BCUT2D eigenvalue weighted by atomic mass is 32.2. The number of nitrogens with zero attached hydrogens (tertiary/aromatic N) is 4. The van der Waals surface area contributed by atoms with Gasteiger partial charge in [-0.25, -0.2) is 4.98 Å². The molecule has 0 N–H and O–H groups in total. The molecule has 8 heteroatoms. The highest BCUT2D eigenvalue weighted by Crippen LogP contribution is 2.35. The molecule has 6 nitrogen and oxygen atoms in total. The van der Waals surface area contributed by atoms with Gasteiger partial charge >= 0.3 is 0 Å². The number of rotatable bonds is 8. The molecule has 1 saturated heterocycles. The smallest absolute Gasteiger partial charge is 0.267 e. The number of anilines is 1. The zero-order valence-electron chi connectivity index (χ0n) is 22.3. The molecular weight excluding hydrogens is 512 g/mol. The molecule has 0 spiro atoms. The molecule has 1 amide bonds. The maximum absolute atomic E-state index is 13.9. The monoisotopic (exact) mass is 546 g/mol. The number of carbonyl (C=O) groups is 1. The molecule has 3 aromatic rings. The second-order valence-corrected chi connectivity index (χ2v) is 11.9. The van der Waals surface area contributed by atoms with Crippen molar-refractivity contribution in [1.82, 2.24) is 14.3 Å². The second kappa shape index (κ2) is 11.4. The molecule has 5 rings (SSSR count). The van der Waals surface area contributed by atoms with E-state index in [0.717, 1.165) is 44.2 Å². The molecule has 198 valence electrons. The van der Waals surface area contributed by atoms with Gasteiger partial charge in [-0.2, -0.15) is 0 Å². The summed E-state index contributed by atoms with van der Waals surface area (Å²) in [4.78, 5) is 36.7. The number of thioether (sulfide) groups is 1. The van der Waals surface area contributed by atoms with Gasteiger partial charge in [-0.05, 0) is 54.5 Å². The van der Waals surface area contributed by atoms with Crippen LogP contribution in [0.25, 0.3) is 11.7 Å². The van der Waals surface area contributed by atoms with Gasteiger partial charge in [0.25, 0.3) is 11.5 Å². The summed E-state index contributed by atoms with van der Waals surface area (Å²) >= 11 is 6.92. The molecule has 1 fully saturated rings. The number of unbranched alkanes of at least 4 members (excludes halogenated alkanes) is 1. The minimum Gasteiger partial charge on any atom is -0.351 e. The summed E-state index contributed by atoms with van der Waals surface area (Å²) < 4.78 is 2.15. The molecule has 2 aromatic heterocycles. The fraction of sp³-hybridized carbons (Fsp3) is 0.400. The number of carbonyl (C=O) groups excluding carboxylic acids is 1. The molecule has 4 heterocycles. The minimum atomic E-state index is -0.174. The number of pyridine rings is 1. The van der Waals surface area contributed by atoms with Crippen LogP contribution in [0, 0.1) is 12.8 Å². The maximum Gasteiger partial charge on any atom is 0.267 e. The van der Waals surface area contributed by atoms with Crippen LogP contribution in [0.2, 0.25) is 0 Å². The van der Waals surface area contributed by atoms with Gasteiger partial charge in [0.2, 0.25) is 0 Å². The van der Waals surface area contributed by atoms with E-state index in [2.05, 4.69) is 36.9 Å². The first kappa shape index (κ1) is 26.6. The van der Waals surface area contributed by atoms with E-state index >= 15 is 0 Å². The first-order valence-electron chi connectivity index (χ1n) is 13.5. The van der Waals surface area contributed by atoms with Crippen molar-refractivity contribution in [3.8, 4) is 0 Å². The standard InChI is InChI=1S/C30H34N4O2S2/c1-4-6-9-21(5-2)18-34-29(36)25(38-30(34)37)16-24-27(31-26-13-12-20(3)17-33(26)28(24)35)32-15-14-22-10-7-8-11-23(22)19-32/h7-8,10-13,16-17,21H,4-6,9,14-15,18-19H2,1-3H3. The minimum absolute atomic E-state index is 0.112. The molecular formula is C30H34N4O2S2. The number of benzene rings is 1. The van der Waals surface area contributed by atoms with E-state index in [1.165, 1.54) is 22.9 Å². The summed E-state index contributed by atoms with van der Waals surface area (Å²) in [6.07, 6.45) is 8.78. The summed E-state index contributed by atoms with van der Waals surface area (Å²) in [7, 11) is 0. The molecule has 0 bridgehead atoms. The van der Waals surface area contributed by atoms with Crippen molar-refractivity contribution in [2.45, 2.75) is 59.4 Å². The summed E-state index contributed by atoms with van der Waals surface area (Å²) in [6.45, 7) is 8.36. The average Bonchev–Trinajstić information content (AvgIpc) is 3.19. The number of fused-ring (bicyclic) bond motifs is 2. The molecule has 0 aliphatic carbocycles. The van der Waals surface area contributed by atoms with Crippen molar-refractivity contribution in [2.24, 2.45) is 5.92 Å². The van der Waals surface area contributed by atoms with Crippen LogP contribution in [0.3, 0.4) is 0 Å². The lowest BCUT2D eigenvalue weighted by Gasteiger charge is -2.31. The Morgan fingerprint density at radius 1 is 1.13 bits per heavy atom. The predicted octanol–water partition coefficient (Wildman–Crippen LogP) is 5.98. The average molecular weight is 547 g/mol. The zero-order valence-corrected chi connectivity index (χ0v) is 23.9. The molecule has 1 atom stereocenters. The SMILES string of the molecule is CCCCC(CC)CN1C(=O)C(=Cc2c(N3CCc4ccccc4C3)nc3ccc(C)cn3c2=O)SC1=S. The van der Waals surface area contributed by atoms with Crippen LogP contribution in [0.5, 0.6) is 0 Å². The van der Waals surface area contributed by atoms with Gasteiger partial charge in [0, 0.05) is 25.8 Å². The second-order valence-electron chi connectivity index (χ2n) is 10.2. The van der Waals surface area contributed by atoms with Crippen molar-refractivity contribution in [1.29, 1.82) is 0 Å². The quantitative estimate of drug-likeness (QED) is 0.256. The molecule has 1 aromatic carbocycles. The van der Waals surface area contributed by atoms with Gasteiger partial charge in [-0.1, -0.05) is 87.4 Å². The Bertz CT molecular complexity index is 1480. The van der Waals surface area contributed by atoms with Gasteiger partial charge < -0.3 is 4.90 Å².